The highest BCUT2D eigenvalue weighted by Crippen LogP contribution is 2.22. The molecule has 6 nitrogen and oxygen atoms in total. The van der Waals surface area contributed by atoms with E-state index < -0.39 is 6.86 Å². The summed E-state index contributed by atoms with van der Waals surface area (Å²) >= 11 is 0. The van der Waals surface area contributed by atoms with E-state index in [9.17, 15) is 9.18 Å². The molecule has 0 aliphatic carbocycles. The number of nitrogens with one attached hydrogen (secondary N) is 1. The van der Waals surface area contributed by atoms with Gasteiger partial charge in [0.2, 0.25) is 6.86 Å². The van der Waals surface area contributed by atoms with Gasteiger partial charge < -0.3 is 19.9 Å². The van der Waals surface area contributed by atoms with E-state index in [-0.39, 0.29) is 5.91 Å². The maximum atomic E-state index is 12.4. The lowest BCUT2D eigenvalue weighted by Gasteiger charge is -2.37. The van der Waals surface area contributed by atoms with Gasteiger partial charge >= 0.3 is 0 Å². The number of piperazine rings is 1. The summed E-state index contributed by atoms with van der Waals surface area (Å²) in [4.78, 5) is 21.3. The molecular weight excluding hydrogens is 383 g/mol. The number of benzene rings is 2. The van der Waals surface area contributed by atoms with Crippen molar-refractivity contribution in [3.63, 3.8) is 0 Å². The van der Waals surface area contributed by atoms with Gasteiger partial charge in [-0.2, -0.15) is 0 Å². The fourth-order valence-corrected chi connectivity index (χ4v) is 3.49. The van der Waals surface area contributed by atoms with Crippen LogP contribution in [0.1, 0.15) is 10.4 Å². The Hall–Kier alpha value is -3.61. The van der Waals surface area contributed by atoms with Crippen molar-refractivity contribution in [2.24, 2.45) is 0 Å². The second kappa shape index (κ2) is 9.26. The lowest BCUT2D eigenvalue weighted by atomic mass is 10.2. The number of pyridine rings is 1. The summed E-state index contributed by atoms with van der Waals surface area (Å²) in [5, 5.41) is 2.88. The van der Waals surface area contributed by atoms with Crippen LogP contribution >= 0.6 is 0 Å². The van der Waals surface area contributed by atoms with Crippen molar-refractivity contribution < 1.29 is 13.9 Å². The molecule has 1 N–H and O–H groups in total. The van der Waals surface area contributed by atoms with E-state index in [0.29, 0.717) is 11.3 Å². The molecule has 0 bridgehead atoms. The van der Waals surface area contributed by atoms with Gasteiger partial charge in [-0.25, -0.2) is 4.39 Å². The molecular formula is C23H23FN4O2. The Morgan fingerprint density at radius 3 is 2.20 bits per heavy atom. The molecule has 3 aromatic rings. The Morgan fingerprint density at radius 1 is 0.933 bits per heavy atom. The fourth-order valence-electron chi connectivity index (χ4n) is 3.49. The molecule has 2 aromatic carbocycles. The fraction of sp³-hybridized carbons (Fsp3) is 0.217. The maximum Gasteiger partial charge on any atom is 0.255 e. The summed E-state index contributed by atoms with van der Waals surface area (Å²) in [5.41, 5.74) is 3.49. The summed E-state index contributed by atoms with van der Waals surface area (Å²) in [7, 11) is 0. The third kappa shape index (κ3) is 4.68. The second-order valence-corrected chi connectivity index (χ2v) is 6.96. The molecule has 0 spiro atoms. The third-order valence-electron chi connectivity index (χ3n) is 5.12. The van der Waals surface area contributed by atoms with Crippen LogP contribution in [0.4, 0.5) is 21.5 Å². The van der Waals surface area contributed by atoms with E-state index in [4.69, 9.17) is 4.74 Å². The molecule has 154 valence electrons. The van der Waals surface area contributed by atoms with Gasteiger partial charge in [-0.3, -0.25) is 9.78 Å². The molecule has 0 atom stereocenters. The van der Waals surface area contributed by atoms with Gasteiger partial charge in [0.1, 0.15) is 5.75 Å². The molecule has 4 rings (SSSR count). The van der Waals surface area contributed by atoms with Gasteiger partial charge in [0.05, 0.1) is 11.9 Å². The molecule has 1 saturated heterocycles. The summed E-state index contributed by atoms with van der Waals surface area (Å²) in [6.45, 7) is 2.83. The minimum absolute atomic E-state index is 0.223. The summed E-state index contributed by atoms with van der Waals surface area (Å²) in [5.74, 6) is 0.168. The van der Waals surface area contributed by atoms with Crippen molar-refractivity contribution in [3.05, 3.63) is 78.6 Å². The Morgan fingerprint density at radius 2 is 1.60 bits per heavy atom. The number of hydrogen-bond donors (Lipinski definition) is 1. The molecule has 1 aromatic heterocycles. The Labute approximate surface area is 174 Å². The van der Waals surface area contributed by atoms with Gasteiger partial charge in [-0.1, -0.05) is 0 Å². The number of halogens is 1. The van der Waals surface area contributed by atoms with Gasteiger partial charge in [-0.15, -0.1) is 0 Å². The molecule has 2 heterocycles. The molecule has 1 aliphatic rings. The second-order valence-electron chi connectivity index (χ2n) is 6.96. The van der Waals surface area contributed by atoms with E-state index in [2.05, 4.69) is 26.2 Å². The van der Waals surface area contributed by atoms with Crippen LogP contribution in [0, 0.1) is 0 Å². The first-order chi connectivity index (χ1) is 14.7. The summed E-state index contributed by atoms with van der Waals surface area (Å²) < 4.78 is 16.9. The maximum absolute atomic E-state index is 12.4. The monoisotopic (exact) mass is 406 g/mol. The number of amides is 1. The summed E-state index contributed by atoms with van der Waals surface area (Å²) in [6.07, 6.45) is 3.69. The van der Waals surface area contributed by atoms with Crippen molar-refractivity contribution in [3.8, 4) is 5.75 Å². The van der Waals surface area contributed by atoms with Crippen molar-refractivity contribution in [1.29, 1.82) is 0 Å². The minimum Gasteiger partial charge on any atom is -0.463 e. The first-order valence-electron chi connectivity index (χ1n) is 9.83. The summed E-state index contributed by atoms with van der Waals surface area (Å²) in [6, 6.07) is 18.3. The zero-order valence-electron chi connectivity index (χ0n) is 16.5. The Bertz CT molecular complexity index is 957. The number of anilines is 3. The van der Waals surface area contributed by atoms with Crippen LogP contribution < -0.4 is 19.9 Å². The van der Waals surface area contributed by atoms with E-state index in [1.165, 1.54) is 0 Å². The van der Waals surface area contributed by atoms with Gasteiger partial charge in [0, 0.05) is 49.3 Å². The van der Waals surface area contributed by atoms with E-state index in [0.717, 1.165) is 43.2 Å². The van der Waals surface area contributed by atoms with Crippen molar-refractivity contribution in [2.45, 2.75) is 0 Å². The minimum atomic E-state index is -0.892. The van der Waals surface area contributed by atoms with E-state index in [1.807, 2.05) is 36.5 Å². The van der Waals surface area contributed by atoms with Crippen LogP contribution in [0.25, 0.3) is 0 Å². The predicted octanol–water partition coefficient (Wildman–Crippen LogP) is 3.97. The normalized spacial score (nSPS) is 13.8. The molecule has 0 saturated carbocycles. The number of alkyl halides is 1. The number of carbonyl (C=O) groups excluding carboxylic acids is 1. The zero-order valence-corrected chi connectivity index (χ0v) is 16.5. The average Bonchev–Trinajstić information content (AvgIpc) is 2.81. The quantitative estimate of drug-likeness (QED) is 0.671. The third-order valence-corrected chi connectivity index (χ3v) is 5.12. The standard InChI is InChI=1S/C23H23FN4O2/c24-17-30-22-9-3-18(4-10-22)23(29)26-19-5-7-20(8-6-19)27-12-14-28(15-13-27)21-2-1-11-25-16-21/h1-11,16H,12-15,17H2,(H,26,29). The molecule has 1 fully saturated rings. The lowest BCUT2D eigenvalue weighted by molar-refractivity contribution is 0.102. The van der Waals surface area contributed by atoms with Crippen molar-refractivity contribution in [1.82, 2.24) is 4.98 Å². The SMILES string of the molecule is O=C(Nc1ccc(N2CCN(c3cccnc3)CC2)cc1)c1ccc(OCF)cc1. The molecule has 30 heavy (non-hydrogen) atoms. The highest BCUT2D eigenvalue weighted by molar-refractivity contribution is 6.04. The van der Waals surface area contributed by atoms with Crippen LogP contribution in [-0.2, 0) is 0 Å². The predicted molar refractivity (Wildman–Crippen MR) is 116 cm³/mol. The molecule has 0 unspecified atom stereocenters. The van der Waals surface area contributed by atoms with Crippen LogP contribution in [0.5, 0.6) is 5.75 Å². The van der Waals surface area contributed by atoms with Crippen molar-refractivity contribution >= 4 is 23.0 Å². The first-order valence-corrected chi connectivity index (χ1v) is 9.83. The van der Waals surface area contributed by atoms with Crippen LogP contribution in [0.3, 0.4) is 0 Å². The van der Waals surface area contributed by atoms with Crippen LogP contribution in [0.15, 0.2) is 73.1 Å². The molecule has 1 aliphatic heterocycles. The number of aromatic nitrogens is 1. The molecule has 0 radical (unpaired) electrons. The van der Waals surface area contributed by atoms with E-state index in [1.54, 1.807) is 30.5 Å². The largest absolute Gasteiger partial charge is 0.463 e. The number of carbonyl (C=O) groups is 1. The van der Waals surface area contributed by atoms with Crippen LogP contribution in [-0.4, -0.2) is 43.9 Å². The zero-order chi connectivity index (χ0) is 20.8. The number of hydrogen-bond acceptors (Lipinski definition) is 5. The van der Waals surface area contributed by atoms with Gasteiger partial charge in [0.15, 0.2) is 0 Å². The van der Waals surface area contributed by atoms with Crippen molar-refractivity contribution in [2.75, 3.05) is 48.2 Å². The lowest BCUT2D eigenvalue weighted by Crippen LogP contribution is -2.46. The Balaban J connectivity index is 1.32. The molecule has 7 heteroatoms. The topological polar surface area (TPSA) is 57.7 Å². The highest BCUT2D eigenvalue weighted by Gasteiger charge is 2.17. The first kappa shape index (κ1) is 19.7. The Kier molecular flexibility index (Phi) is 6.08. The highest BCUT2D eigenvalue weighted by atomic mass is 19.1. The smallest absolute Gasteiger partial charge is 0.255 e. The van der Waals surface area contributed by atoms with Gasteiger partial charge in [0.25, 0.3) is 5.91 Å². The van der Waals surface area contributed by atoms with Crippen LogP contribution in [0.2, 0.25) is 0 Å². The van der Waals surface area contributed by atoms with E-state index >= 15 is 0 Å². The number of rotatable bonds is 6. The van der Waals surface area contributed by atoms with Gasteiger partial charge in [-0.05, 0) is 60.7 Å². The number of nitrogens with zero attached hydrogens (tertiary/aromatic N) is 3. The molecule has 1 amide bonds. The number of ether oxygens (including phenoxy) is 1. The average molecular weight is 406 g/mol.